The van der Waals surface area contributed by atoms with E-state index in [0.717, 1.165) is 50.3 Å². The van der Waals surface area contributed by atoms with Gasteiger partial charge in [0.2, 0.25) is 0 Å². The average molecular weight is 981 g/mol. The topological polar surface area (TPSA) is 175 Å². The first kappa shape index (κ1) is 39.3. The average Bonchev–Trinajstić information content (AvgIpc) is 2.86. The molecule has 6 N–H and O–H groups in total. The van der Waals surface area contributed by atoms with Gasteiger partial charge >= 0.3 is 5.97 Å². The third-order valence-corrected chi connectivity index (χ3v) is 8.02. The Hall–Kier alpha value is 2.34. The van der Waals surface area contributed by atoms with Crippen LogP contribution in [0.1, 0.15) is 58.3 Å². The van der Waals surface area contributed by atoms with Crippen LogP contribution in [0.4, 0.5) is 0 Å². The zero-order valence-electron chi connectivity index (χ0n) is 21.6. The van der Waals surface area contributed by atoms with Gasteiger partial charge in [0.25, 0.3) is 0 Å². The number of esters is 1. The molecule has 0 amide bonds. The third kappa shape index (κ3) is 12.2. The normalized spacial score (nSPS) is 35.8. The molecule has 0 aromatic heterocycles. The van der Waals surface area contributed by atoms with Gasteiger partial charge < -0.3 is 49.6 Å². The molecule has 0 saturated carbocycles. The van der Waals surface area contributed by atoms with Crippen LogP contribution in [-0.4, -0.2) is 117 Å². The smallest absolute Gasteiger partial charge is 0.305 e. The molecule has 7 unspecified atom stereocenters. The summed E-state index contributed by atoms with van der Waals surface area (Å²) in [6, 6.07) is 0. The largest absolute Gasteiger partial charge is 0.469 e. The fourth-order valence-electron chi connectivity index (χ4n) is 4.25. The van der Waals surface area contributed by atoms with Crippen LogP contribution >= 0.6 is 11.8 Å². The Bertz CT molecular complexity index is 619. The minimum atomic E-state index is -1.52. The van der Waals surface area contributed by atoms with Gasteiger partial charge in [-0.1, -0.05) is 32.6 Å². The minimum absolute atomic E-state index is 0. The van der Waals surface area contributed by atoms with Crippen molar-refractivity contribution in [3.8, 4) is 0 Å². The molecule has 14 heteroatoms. The zero-order valence-corrected chi connectivity index (χ0v) is 31.9. The SMILES string of the molecule is CCC1O[C@@H](OCCCCCCCCC(=O)OC)C(O)C(O)[C@@H]1SC1OC(CO)[C@H](O)C(O)C1O.[Ac].[Ac]. The molecule has 2 fully saturated rings. The van der Waals surface area contributed by atoms with Gasteiger partial charge in [0.05, 0.1) is 31.2 Å². The molecule has 2 heterocycles. The second-order valence-corrected chi connectivity index (χ2v) is 10.3. The van der Waals surface area contributed by atoms with Crippen molar-refractivity contribution in [1.82, 2.24) is 0 Å². The molecule has 10 atom stereocenters. The quantitative estimate of drug-likeness (QED) is 0.0991. The molecule has 2 aliphatic heterocycles. The van der Waals surface area contributed by atoms with E-state index in [1.807, 2.05) is 6.92 Å². The van der Waals surface area contributed by atoms with Gasteiger partial charge in [0.1, 0.15) is 36.0 Å². The van der Waals surface area contributed by atoms with E-state index in [9.17, 15) is 35.4 Å². The number of hydrogen-bond acceptors (Lipinski definition) is 12. The van der Waals surface area contributed by atoms with Gasteiger partial charge in [-0.25, -0.2) is 0 Å². The van der Waals surface area contributed by atoms with E-state index in [4.69, 9.17) is 14.2 Å². The number of rotatable bonds is 14. The molecule has 2 radical (unpaired) electrons. The van der Waals surface area contributed by atoms with Crippen molar-refractivity contribution in [1.29, 1.82) is 0 Å². The van der Waals surface area contributed by atoms with Crippen molar-refractivity contribution in [3.63, 3.8) is 0 Å². The molecular weight excluding hydrogens is 938 g/mol. The van der Waals surface area contributed by atoms with Crippen molar-refractivity contribution < 1.29 is 143 Å². The first-order chi connectivity index (χ1) is 16.7. The van der Waals surface area contributed by atoms with Crippen LogP contribution in [0.2, 0.25) is 0 Å². The summed E-state index contributed by atoms with van der Waals surface area (Å²) < 4.78 is 21.8. The molecule has 2 saturated heterocycles. The van der Waals surface area contributed by atoms with Crippen molar-refractivity contribution >= 4 is 17.7 Å². The monoisotopic (exact) mass is 980 g/mol. The number of carbonyl (C=O) groups is 1. The van der Waals surface area contributed by atoms with Gasteiger partial charge in [-0.05, 0) is 19.3 Å². The molecule has 11 nitrogen and oxygen atoms in total. The van der Waals surface area contributed by atoms with Crippen LogP contribution in [0.3, 0.4) is 0 Å². The summed E-state index contributed by atoms with van der Waals surface area (Å²) in [6.07, 6.45) is -3.19. The maximum absolute atomic E-state index is 11.1. The Morgan fingerprint density at radius 2 is 1.43 bits per heavy atom. The Balaban J connectivity index is 0.00000648. The van der Waals surface area contributed by atoms with Crippen molar-refractivity contribution in [2.75, 3.05) is 20.3 Å². The predicted molar refractivity (Wildman–Crippen MR) is 126 cm³/mol. The number of carbonyl (C=O) groups excluding carboxylic acids is 1. The summed E-state index contributed by atoms with van der Waals surface area (Å²) in [5, 5.41) is 60.4. The predicted octanol–water partition coefficient (Wildman–Crippen LogP) is -0.335. The summed E-state index contributed by atoms with van der Waals surface area (Å²) in [4.78, 5) is 11.1. The third-order valence-electron chi connectivity index (χ3n) is 6.47. The van der Waals surface area contributed by atoms with Crippen molar-refractivity contribution in [2.24, 2.45) is 0 Å². The number of methoxy groups -OCH3 is 1. The minimum Gasteiger partial charge on any atom is -0.469 e. The van der Waals surface area contributed by atoms with E-state index in [1.54, 1.807) is 0 Å². The summed E-state index contributed by atoms with van der Waals surface area (Å²) >= 11 is 0.992. The number of unbranched alkanes of at least 4 members (excludes halogenated alkanes) is 5. The molecule has 37 heavy (non-hydrogen) atoms. The van der Waals surface area contributed by atoms with E-state index in [-0.39, 0.29) is 94.1 Å². The Morgan fingerprint density at radius 3 is 2.03 bits per heavy atom. The molecule has 0 spiro atoms. The Labute approximate surface area is 294 Å². The maximum Gasteiger partial charge on any atom is 0.305 e. The number of aliphatic hydroxyl groups excluding tert-OH is 6. The summed E-state index contributed by atoms with van der Waals surface area (Å²) in [5.74, 6) is -0.189. The van der Waals surface area contributed by atoms with Crippen LogP contribution in [0.5, 0.6) is 0 Å². The molecule has 0 aromatic carbocycles. The summed E-state index contributed by atoms with van der Waals surface area (Å²) in [7, 11) is 1.39. The van der Waals surface area contributed by atoms with Gasteiger partial charge in [-0.3, -0.25) is 4.79 Å². The van der Waals surface area contributed by atoms with E-state index in [1.165, 1.54) is 7.11 Å². The molecule has 0 aliphatic carbocycles. The summed E-state index contributed by atoms with van der Waals surface area (Å²) in [6.45, 7) is 1.67. The molecule has 2 aliphatic rings. The molecule has 0 aromatic rings. The Kier molecular flexibility index (Phi) is 22.4. The number of hydrogen-bond donors (Lipinski definition) is 6. The Morgan fingerprint density at radius 1 is 0.811 bits per heavy atom. The van der Waals surface area contributed by atoms with Crippen LogP contribution < -0.4 is 0 Å². The summed E-state index contributed by atoms with van der Waals surface area (Å²) in [5.41, 5.74) is -1.04. The maximum atomic E-state index is 11.1. The van der Waals surface area contributed by atoms with Gasteiger partial charge in [-0.15, -0.1) is 11.8 Å². The standard InChI is InChI=1S/C23H42O11S.2Ac/c1-3-13-21(35-23-20(30)17(27)16(26)14(12-24)34-23)18(28)19(29)22(33-13)32-11-9-7-5-4-6-8-10-15(25)31-2;;/h13-14,16-24,26-30H,3-12H2,1-2H3;;/t13?,14?,16-,17?,18?,19?,20?,21+,22+,23?;;/m0../s1. The van der Waals surface area contributed by atoms with Gasteiger partial charge in [0.15, 0.2) is 6.29 Å². The van der Waals surface area contributed by atoms with Crippen LogP contribution in [0.15, 0.2) is 0 Å². The number of aliphatic hydroxyl groups is 6. The fraction of sp³-hybridized carbons (Fsp3) is 0.957. The molecule has 212 valence electrons. The second kappa shape index (κ2) is 21.1. The van der Waals surface area contributed by atoms with Gasteiger partial charge in [0, 0.05) is 101 Å². The molecule has 0 bridgehead atoms. The van der Waals surface area contributed by atoms with Crippen molar-refractivity contribution in [2.45, 2.75) is 118 Å². The molecular formula is C23H42Ac2O11S. The second-order valence-electron chi connectivity index (χ2n) is 9.05. The van der Waals surface area contributed by atoms with Crippen LogP contribution in [0, 0.1) is 88.1 Å². The van der Waals surface area contributed by atoms with E-state index in [2.05, 4.69) is 4.74 Å². The van der Waals surface area contributed by atoms with E-state index in [0.29, 0.717) is 19.4 Å². The number of thioether (sulfide) groups is 1. The van der Waals surface area contributed by atoms with Crippen LogP contribution in [-0.2, 0) is 23.7 Å². The van der Waals surface area contributed by atoms with Crippen molar-refractivity contribution in [3.05, 3.63) is 0 Å². The number of ether oxygens (including phenoxy) is 4. The van der Waals surface area contributed by atoms with Crippen LogP contribution in [0.25, 0.3) is 0 Å². The zero-order chi connectivity index (χ0) is 26.0. The molecule has 2 rings (SSSR count). The first-order valence-electron chi connectivity index (χ1n) is 12.4. The fourth-order valence-corrected chi connectivity index (χ4v) is 5.85. The first-order valence-corrected chi connectivity index (χ1v) is 13.3. The van der Waals surface area contributed by atoms with E-state index >= 15 is 0 Å². The van der Waals surface area contributed by atoms with E-state index < -0.39 is 66.3 Å². The van der Waals surface area contributed by atoms with Gasteiger partial charge in [-0.2, -0.15) is 0 Å².